The van der Waals surface area contributed by atoms with Crippen LogP contribution in [-0.4, -0.2) is 92.0 Å². The Balaban J connectivity index is 1.40. The normalized spacial score (nSPS) is 22.2. The lowest BCUT2D eigenvalue weighted by Gasteiger charge is -2.42. The van der Waals surface area contributed by atoms with E-state index in [-0.39, 0.29) is 30.5 Å². The molecule has 552 valence electrons. The zero-order chi connectivity index (χ0) is 67.9. The average molecular weight is 1330 g/mol. The molecule has 0 radical (unpaired) electrons. The number of hydrogen-bond acceptors (Lipinski definition) is 9. The van der Waals surface area contributed by atoms with Crippen LogP contribution in [0.2, 0.25) is 0 Å². The molecule has 7 N–H and O–H groups in total. The van der Waals surface area contributed by atoms with E-state index in [9.17, 15) is 39.6 Å². The molecule has 8 unspecified atom stereocenters. The third-order valence-corrected chi connectivity index (χ3v) is 23.2. The van der Waals surface area contributed by atoms with Crippen molar-refractivity contribution in [1.29, 1.82) is 0 Å². The lowest BCUT2D eigenvalue weighted by atomic mass is 9.63. The highest BCUT2D eigenvalue weighted by Gasteiger charge is 2.36. The van der Waals surface area contributed by atoms with Gasteiger partial charge < -0.3 is 36.2 Å². The molecule has 0 spiro atoms. The summed E-state index contributed by atoms with van der Waals surface area (Å²) in [6, 6.07) is 0.0323. The average Bonchev–Trinajstić information content (AvgIpc) is 0.953. The van der Waals surface area contributed by atoms with Crippen LogP contribution in [0.25, 0.3) is 0 Å². The molecule has 12 atom stereocenters. The van der Waals surface area contributed by atoms with Crippen molar-refractivity contribution in [2.24, 2.45) is 35.5 Å². The minimum Gasteiger partial charge on any atom is -0.396 e. The maximum absolute atomic E-state index is 13.6. The van der Waals surface area contributed by atoms with Crippen molar-refractivity contribution >= 4 is 23.4 Å². The number of unbranched alkanes of at least 4 members (excludes halogenated alkanes) is 31. The van der Waals surface area contributed by atoms with E-state index in [4.69, 9.17) is 5.11 Å². The van der Waals surface area contributed by atoms with E-state index in [1.54, 1.807) is 0 Å². The SMILES string of the molecule is CCCCCCCCC1CC(CCCCCCC(=O)C[C@@H]2CCCC[C@H]2CC(=O)CCCCCCCCCC(O)C(O)CCCCC)C(CCCCCCC(=O)N[C@H]2CCCC[C@@H]2NC(=O)CCCCCCCCCC(O)C(O)CCCCO)CC1CCCCCCCC. The smallest absolute Gasteiger partial charge is 0.220 e. The minimum atomic E-state index is -0.702. The van der Waals surface area contributed by atoms with Gasteiger partial charge in [-0.1, -0.05) is 284 Å². The maximum atomic E-state index is 13.6. The molecule has 0 aromatic carbocycles. The summed E-state index contributed by atoms with van der Waals surface area (Å²) < 4.78 is 0. The van der Waals surface area contributed by atoms with Gasteiger partial charge in [0.15, 0.2) is 0 Å². The first-order valence-corrected chi connectivity index (χ1v) is 41.8. The van der Waals surface area contributed by atoms with Gasteiger partial charge in [-0.15, -0.1) is 0 Å². The predicted molar refractivity (Wildman–Crippen MR) is 394 cm³/mol. The molecule has 0 saturated heterocycles. The summed E-state index contributed by atoms with van der Waals surface area (Å²) in [4.78, 5) is 53.3. The summed E-state index contributed by atoms with van der Waals surface area (Å²) in [6.07, 6.45) is 65.7. The summed E-state index contributed by atoms with van der Waals surface area (Å²) in [5.41, 5.74) is 0. The van der Waals surface area contributed by atoms with E-state index in [1.165, 1.54) is 161 Å². The van der Waals surface area contributed by atoms with Crippen LogP contribution in [-0.2, 0) is 19.2 Å². The third kappa shape index (κ3) is 43.6. The van der Waals surface area contributed by atoms with Crippen LogP contribution in [0.1, 0.15) is 425 Å². The van der Waals surface area contributed by atoms with Gasteiger partial charge in [-0.3, -0.25) is 19.2 Å². The van der Waals surface area contributed by atoms with Gasteiger partial charge in [0.25, 0.3) is 0 Å². The molecule has 0 aliphatic heterocycles. The van der Waals surface area contributed by atoms with Crippen molar-refractivity contribution in [3.8, 4) is 0 Å². The van der Waals surface area contributed by atoms with Gasteiger partial charge in [0, 0.05) is 57.2 Å². The van der Waals surface area contributed by atoms with Crippen molar-refractivity contribution in [2.75, 3.05) is 6.61 Å². The second-order valence-corrected chi connectivity index (χ2v) is 31.5. The van der Waals surface area contributed by atoms with Crippen LogP contribution >= 0.6 is 0 Å². The first-order valence-electron chi connectivity index (χ1n) is 41.8. The topological polar surface area (TPSA) is 193 Å². The molecule has 3 aliphatic carbocycles. The lowest BCUT2D eigenvalue weighted by Crippen LogP contribution is -2.53. The largest absolute Gasteiger partial charge is 0.396 e. The standard InChI is InChI=1S/C83H156N2O9/c1-4-7-10-12-20-31-47-68-64-70(49-33-26-28-36-54-75(88)67-73-52-42-41-51-72(73)66-74(87)53-35-22-16-14-17-23-37-58-79(90)78(89)57-30-9-6-3)71(65-69(68)48-32-21-13-11-8-5-2)50-34-27-29-40-62-83(94)85-77-56-44-43-55-76(77)84-82(93)61-39-25-19-15-18-24-38-59-80(91)81(92)60-45-46-63-86/h68-73,76-81,86,89-92H,4-67H2,1-3H3,(H,84,93)(H,85,94)/t68?,69?,70?,71?,72-,73-,76-,77-,78?,79?,80?,81?/m0/s1. The summed E-state index contributed by atoms with van der Waals surface area (Å²) >= 11 is 0. The van der Waals surface area contributed by atoms with E-state index in [2.05, 4.69) is 31.4 Å². The molecule has 94 heavy (non-hydrogen) atoms. The van der Waals surface area contributed by atoms with Crippen LogP contribution in [0.5, 0.6) is 0 Å². The Hall–Kier alpha value is -1.92. The number of Topliss-reactive ketones (excluding diaryl/α,β-unsaturated/α-hetero) is 2. The highest BCUT2D eigenvalue weighted by molar-refractivity contribution is 5.80. The van der Waals surface area contributed by atoms with Gasteiger partial charge in [0.1, 0.15) is 11.6 Å². The van der Waals surface area contributed by atoms with Gasteiger partial charge in [0.05, 0.1) is 24.4 Å². The molecular formula is C83H156N2O9. The number of ketones is 2. The molecule has 0 heterocycles. The molecule has 0 aromatic heterocycles. The molecule has 11 heteroatoms. The molecule has 0 aromatic rings. The fourth-order valence-electron chi connectivity index (χ4n) is 17.0. The number of carbonyl (C=O) groups excluding carboxylic acids is 4. The summed E-state index contributed by atoms with van der Waals surface area (Å²) in [7, 11) is 0. The van der Waals surface area contributed by atoms with Gasteiger partial charge in [0.2, 0.25) is 11.8 Å². The molecule has 3 aliphatic rings. The first-order chi connectivity index (χ1) is 45.9. The van der Waals surface area contributed by atoms with E-state index in [0.29, 0.717) is 94.0 Å². The van der Waals surface area contributed by atoms with Gasteiger partial charge >= 0.3 is 0 Å². The molecular weight excluding hydrogens is 1170 g/mol. The fourth-order valence-corrected chi connectivity index (χ4v) is 17.0. The minimum absolute atomic E-state index is 0.0151. The highest BCUT2D eigenvalue weighted by atomic mass is 16.3. The Bertz CT molecular complexity index is 1670. The predicted octanol–water partition coefficient (Wildman–Crippen LogP) is 20.9. The molecule has 0 bridgehead atoms. The Labute approximate surface area is 579 Å². The number of nitrogens with one attached hydrogen (secondary N) is 2. The van der Waals surface area contributed by atoms with Crippen LogP contribution in [0.15, 0.2) is 0 Å². The second-order valence-electron chi connectivity index (χ2n) is 31.5. The fraction of sp³-hybridized carbons (Fsp3) is 0.952. The monoisotopic (exact) mass is 1330 g/mol. The van der Waals surface area contributed by atoms with E-state index >= 15 is 0 Å². The third-order valence-electron chi connectivity index (χ3n) is 23.2. The van der Waals surface area contributed by atoms with Crippen molar-refractivity contribution in [1.82, 2.24) is 10.6 Å². The van der Waals surface area contributed by atoms with Crippen LogP contribution in [0.4, 0.5) is 0 Å². The molecule has 3 fully saturated rings. The number of aliphatic hydroxyl groups is 5. The summed E-state index contributed by atoms with van der Waals surface area (Å²) in [5.74, 6) is 5.20. The zero-order valence-electron chi connectivity index (χ0n) is 62.1. The second kappa shape index (κ2) is 58.8. The number of amides is 2. The van der Waals surface area contributed by atoms with Crippen molar-refractivity contribution in [3.63, 3.8) is 0 Å². The Morgan fingerprint density at radius 1 is 0.309 bits per heavy atom. The van der Waals surface area contributed by atoms with Crippen molar-refractivity contribution in [3.05, 3.63) is 0 Å². The maximum Gasteiger partial charge on any atom is 0.220 e. The van der Waals surface area contributed by atoms with Gasteiger partial charge in [-0.05, 0) is 138 Å². The lowest BCUT2D eigenvalue weighted by molar-refractivity contribution is -0.125. The van der Waals surface area contributed by atoms with Crippen LogP contribution in [0, 0.1) is 35.5 Å². The number of aliphatic hydroxyl groups excluding tert-OH is 5. The molecule has 3 saturated carbocycles. The van der Waals surface area contributed by atoms with Crippen molar-refractivity contribution < 1.29 is 44.7 Å². The summed E-state index contributed by atoms with van der Waals surface area (Å²) in [6.45, 7) is 6.92. The first kappa shape index (κ1) is 86.3. The molecule has 2 amide bonds. The number of rotatable bonds is 64. The Morgan fingerprint density at radius 2 is 0.564 bits per heavy atom. The van der Waals surface area contributed by atoms with Crippen LogP contribution < -0.4 is 10.6 Å². The zero-order valence-corrected chi connectivity index (χ0v) is 62.1. The van der Waals surface area contributed by atoms with Crippen LogP contribution in [0.3, 0.4) is 0 Å². The number of carbonyl (C=O) groups is 4. The Morgan fingerprint density at radius 3 is 0.894 bits per heavy atom. The quantitative estimate of drug-likeness (QED) is 0.0290. The van der Waals surface area contributed by atoms with Gasteiger partial charge in [-0.2, -0.15) is 0 Å². The van der Waals surface area contributed by atoms with E-state index in [1.807, 2.05) is 0 Å². The summed E-state index contributed by atoms with van der Waals surface area (Å²) in [5, 5.41) is 56.5. The van der Waals surface area contributed by atoms with E-state index in [0.717, 1.165) is 197 Å². The van der Waals surface area contributed by atoms with E-state index < -0.39 is 24.4 Å². The molecule has 11 nitrogen and oxygen atoms in total. The molecule has 3 rings (SSSR count). The van der Waals surface area contributed by atoms with Gasteiger partial charge in [-0.25, -0.2) is 0 Å². The number of hydrogen-bond donors (Lipinski definition) is 7. The Kier molecular flexibility index (Phi) is 54.0. The highest BCUT2D eigenvalue weighted by Crippen LogP contribution is 2.47. The van der Waals surface area contributed by atoms with Crippen molar-refractivity contribution in [2.45, 2.75) is 462 Å².